The van der Waals surface area contributed by atoms with Gasteiger partial charge in [-0.1, -0.05) is 11.2 Å². The summed E-state index contributed by atoms with van der Waals surface area (Å²) in [6, 6.07) is 5.67. The first-order valence-electron chi connectivity index (χ1n) is 8.57. The Hall–Kier alpha value is -2.68. The number of urea groups is 1. The third-order valence-corrected chi connectivity index (χ3v) is 5.25. The number of aromatic nitrogens is 4. The van der Waals surface area contributed by atoms with Crippen LogP contribution in [0.3, 0.4) is 0 Å². The average Bonchev–Trinajstić information content (AvgIpc) is 3.00. The van der Waals surface area contributed by atoms with E-state index in [1.165, 1.54) is 24.2 Å². The largest absolute Gasteiger partial charge is 0.333 e. The summed E-state index contributed by atoms with van der Waals surface area (Å²) in [5.41, 5.74) is 0.881. The van der Waals surface area contributed by atoms with Crippen LogP contribution in [0.1, 0.15) is 37.3 Å². The van der Waals surface area contributed by atoms with Crippen LogP contribution in [0.4, 0.5) is 10.6 Å². The fourth-order valence-electron chi connectivity index (χ4n) is 2.84. The topological polar surface area (TPSA) is 97.9 Å². The fraction of sp³-hybridized carbons (Fsp3) is 0.412. The number of carbonyl (C=O) groups is 1. The predicted octanol–water partition coefficient (Wildman–Crippen LogP) is 3.60. The van der Waals surface area contributed by atoms with E-state index in [0.717, 1.165) is 10.6 Å². The number of rotatable bonds is 6. The number of hydrogen-bond donors (Lipinski definition) is 2. The van der Waals surface area contributed by atoms with Gasteiger partial charge in [-0.05, 0) is 44.1 Å². The van der Waals surface area contributed by atoms with Crippen molar-refractivity contribution in [3.05, 3.63) is 35.1 Å². The molecule has 1 fully saturated rings. The maximum atomic E-state index is 12.2. The minimum Gasteiger partial charge on any atom is -0.333 e. The van der Waals surface area contributed by atoms with E-state index in [0.29, 0.717) is 23.5 Å². The standard InChI is InChI=1S/C17H20N6O2S/c1-10-8-15(23(21-10)11(2)12-5-6-12)20-17(24)18-9-14-19-16(25-22-14)13-4-3-7-26-13/h3-4,7-8,11-12H,5-6,9H2,1-2H3,(H2,18,20,24)/t11-/m1/s1. The number of nitrogens with zero attached hydrogens (tertiary/aromatic N) is 4. The molecule has 0 aliphatic heterocycles. The number of carbonyl (C=O) groups excluding carboxylic acids is 1. The zero-order valence-corrected chi connectivity index (χ0v) is 15.4. The molecule has 1 saturated carbocycles. The van der Waals surface area contributed by atoms with Gasteiger partial charge in [-0.15, -0.1) is 11.3 Å². The van der Waals surface area contributed by atoms with Crippen molar-refractivity contribution in [2.24, 2.45) is 5.92 Å². The monoisotopic (exact) mass is 372 g/mol. The van der Waals surface area contributed by atoms with Gasteiger partial charge < -0.3 is 9.84 Å². The van der Waals surface area contributed by atoms with Gasteiger partial charge in [0.1, 0.15) is 5.82 Å². The van der Waals surface area contributed by atoms with E-state index in [1.807, 2.05) is 35.2 Å². The summed E-state index contributed by atoms with van der Waals surface area (Å²) in [4.78, 5) is 17.4. The van der Waals surface area contributed by atoms with Gasteiger partial charge in [0.2, 0.25) is 0 Å². The van der Waals surface area contributed by atoms with Crippen molar-refractivity contribution in [1.82, 2.24) is 25.2 Å². The maximum absolute atomic E-state index is 12.2. The van der Waals surface area contributed by atoms with E-state index in [4.69, 9.17) is 4.52 Å². The molecule has 2 amide bonds. The third-order valence-electron chi connectivity index (χ3n) is 4.40. The molecule has 1 aliphatic carbocycles. The van der Waals surface area contributed by atoms with Crippen LogP contribution >= 0.6 is 11.3 Å². The highest BCUT2D eigenvalue weighted by molar-refractivity contribution is 7.13. The minimum absolute atomic E-state index is 0.187. The first kappa shape index (κ1) is 16.8. The molecule has 26 heavy (non-hydrogen) atoms. The second-order valence-corrected chi connectivity index (χ2v) is 7.44. The number of anilines is 1. The van der Waals surface area contributed by atoms with Crippen molar-refractivity contribution in [1.29, 1.82) is 0 Å². The average molecular weight is 372 g/mol. The van der Waals surface area contributed by atoms with Gasteiger partial charge in [0.15, 0.2) is 5.82 Å². The summed E-state index contributed by atoms with van der Waals surface area (Å²) in [6.45, 7) is 4.25. The molecule has 3 heterocycles. The Morgan fingerprint density at radius 2 is 2.35 bits per heavy atom. The van der Waals surface area contributed by atoms with Crippen LogP contribution in [-0.2, 0) is 6.54 Å². The summed E-state index contributed by atoms with van der Waals surface area (Å²) in [6.07, 6.45) is 2.44. The molecular formula is C17H20N6O2S. The Bertz CT molecular complexity index is 896. The van der Waals surface area contributed by atoms with E-state index < -0.39 is 0 Å². The molecule has 1 atom stereocenters. The van der Waals surface area contributed by atoms with E-state index in [9.17, 15) is 4.79 Å². The van der Waals surface area contributed by atoms with Gasteiger partial charge in [-0.3, -0.25) is 5.32 Å². The summed E-state index contributed by atoms with van der Waals surface area (Å²) >= 11 is 1.52. The molecule has 3 aromatic rings. The minimum atomic E-state index is -0.323. The zero-order valence-electron chi connectivity index (χ0n) is 14.6. The molecule has 0 bridgehead atoms. The first-order chi connectivity index (χ1) is 12.6. The quantitative estimate of drug-likeness (QED) is 0.689. The number of hydrogen-bond acceptors (Lipinski definition) is 6. The van der Waals surface area contributed by atoms with Crippen LogP contribution in [0.5, 0.6) is 0 Å². The van der Waals surface area contributed by atoms with Crippen molar-refractivity contribution >= 4 is 23.2 Å². The molecule has 4 rings (SSSR count). The van der Waals surface area contributed by atoms with Crippen LogP contribution in [0, 0.1) is 12.8 Å². The molecule has 0 unspecified atom stereocenters. The van der Waals surface area contributed by atoms with Crippen LogP contribution in [0.2, 0.25) is 0 Å². The molecule has 2 N–H and O–H groups in total. The van der Waals surface area contributed by atoms with E-state index in [2.05, 4.69) is 32.8 Å². The van der Waals surface area contributed by atoms with Crippen LogP contribution in [0.25, 0.3) is 10.8 Å². The van der Waals surface area contributed by atoms with E-state index >= 15 is 0 Å². The van der Waals surface area contributed by atoms with Crippen molar-refractivity contribution in [2.45, 2.75) is 39.3 Å². The molecule has 3 aromatic heterocycles. The van der Waals surface area contributed by atoms with E-state index in [-0.39, 0.29) is 18.6 Å². The van der Waals surface area contributed by atoms with Gasteiger partial charge in [0.25, 0.3) is 5.89 Å². The molecule has 1 aliphatic rings. The zero-order chi connectivity index (χ0) is 18.1. The molecule has 8 nitrogen and oxygen atoms in total. The lowest BCUT2D eigenvalue weighted by Crippen LogP contribution is -2.30. The highest BCUT2D eigenvalue weighted by atomic mass is 32.1. The Morgan fingerprint density at radius 1 is 1.50 bits per heavy atom. The normalized spacial score (nSPS) is 15.0. The highest BCUT2D eigenvalue weighted by Gasteiger charge is 2.31. The summed E-state index contributed by atoms with van der Waals surface area (Å²) in [5, 5.41) is 16.0. The number of nitrogens with one attached hydrogen (secondary N) is 2. The lowest BCUT2D eigenvalue weighted by molar-refractivity contribution is 0.251. The van der Waals surface area contributed by atoms with Gasteiger partial charge >= 0.3 is 6.03 Å². The molecule has 136 valence electrons. The molecule has 0 saturated heterocycles. The van der Waals surface area contributed by atoms with E-state index in [1.54, 1.807) is 0 Å². The predicted molar refractivity (Wildman–Crippen MR) is 97.9 cm³/mol. The fourth-order valence-corrected chi connectivity index (χ4v) is 3.49. The Labute approximate surface area is 154 Å². The third kappa shape index (κ3) is 3.62. The van der Waals surface area contributed by atoms with Gasteiger partial charge in [-0.2, -0.15) is 10.1 Å². The SMILES string of the molecule is Cc1cc(NC(=O)NCc2noc(-c3cccs3)n2)n([C@H](C)C2CC2)n1. The molecular weight excluding hydrogens is 352 g/mol. The number of aryl methyl sites for hydroxylation is 1. The number of thiophene rings is 1. The Kier molecular flexibility index (Phi) is 4.46. The van der Waals surface area contributed by atoms with Crippen LogP contribution in [-0.4, -0.2) is 26.0 Å². The summed E-state index contributed by atoms with van der Waals surface area (Å²) < 4.78 is 7.11. The first-order valence-corrected chi connectivity index (χ1v) is 9.45. The van der Waals surface area contributed by atoms with Gasteiger partial charge in [-0.25, -0.2) is 9.48 Å². The molecule has 0 aromatic carbocycles. The summed E-state index contributed by atoms with van der Waals surface area (Å²) in [5.74, 6) is 2.24. The highest BCUT2D eigenvalue weighted by Crippen LogP contribution is 2.40. The number of amides is 2. The van der Waals surface area contributed by atoms with Gasteiger partial charge in [0, 0.05) is 6.07 Å². The van der Waals surface area contributed by atoms with Crippen molar-refractivity contribution in [3.63, 3.8) is 0 Å². The Morgan fingerprint density at radius 3 is 3.08 bits per heavy atom. The Balaban J connectivity index is 1.36. The molecule has 0 spiro atoms. The van der Waals surface area contributed by atoms with Crippen molar-refractivity contribution < 1.29 is 9.32 Å². The maximum Gasteiger partial charge on any atom is 0.320 e. The lowest BCUT2D eigenvalue weighted by atomic mass is 10.2. The van der Waals surface area contributed by atoms with Crippen molar-refractivity contribution in [2.75, 3.05) is 5.32 Å². The molecule has 9 heteroatoms. The molecule has 0 radical (unpaired) electrons. The lowest BCUT2D eigenvalue weighted by Gasteiger charge is -2.15. The summed E-state index contributed by atoms with van der Waals surface area (Å²) in [7, 11) is 0. The van der Waals surface area contributed by atoms with Crippen molar-refractivity contribution in [3.8, 4) is 10.8 Å². The van der Waals surface area contributed by atoms with Crippen LogP contribution in [0.15, 0.2) is 28.1 Å². The second kappa shape index (κ2) is 6.91. The second-order valence-electron chi connectivity index (χ2n) is 6.49. The smallest absolute Gasteiger partial charge is 0.320 e. The van der Waals surface area contributed by atoms with Crippen LogP contribution < -0.4 is 10.6 Å². The van der Waals surface area contributed by atoms with Gasteiger partial charge in [0.05, 0.1) is 23.2 Å².